The van der Waals surface area contributed by atoms with E-state index in [0.29, 0.717) is 36.9 Å². The van der Waals surface area contributed by atoms with Gasteiger partial charge in [0.05, 0.1) is 14.2 Å². The minimum absolute atomic E-state index is 0.0463. The first-order valence-electron chi connectivity index (χ1n) is 9.35. The Balaban J connectivity index is 1.74. The fraction of sp³-hybridized carbons (Fsp3) is 0.409. The van der Waals surface area contributed by atoms with E-state index in [1.54, 1.807) is 14.2 Å². The molecule has 0 radical (unpaired) electrons. The predicted octanol–water partition coefficient (Wildman–Crippen LogP) is 3.99. The quantitative estimate of drug-likeness (QED) is 0.664. The van der Waals surface area contributed by atoms with Gasteiger partial charge in [-0.3, -0.25) is 4.79 Å². The second-order valence-electron chi connectivity index (χ2n) is 6.71. The van der Waals surface area contributed by atoms with Gasteiger partial charge in [0, 0.05) is 25.2 Å². The van der Waals surface area contributed by atoms with Gasteiger partial charge in [-0.05, 0) is 41.7 Å². The van der Waals surface area contributed by atoms with Gasteiger partial charge >= 0.3 is 0 Å². The van der Waals surface area contributed by atoms with Crippen molar-refractivity contribution in [3.8, 4) is 11.5 Å². The van der Waals surface area contributed by atoms with Gasteiger partial charge in [-0.25, -0.2) is 0 Å². The molecule has 0 bridgehead atoms. The minimum atomic E-state index is 0.0463. The summed E-state index contributed by atoms with van der Waals surface area (Å²) in [7, 11) is 3.24. The molecule has 0 aliphatic carbocycles. The van der Waals surface area contributed by atoms with Crippen molar-refractivity contribution in [2.24, 2.45) is 0 Å². The summed E-state index contributed by atoms with van der Waals surface area (Å²) in [5, 5.41) is 6.34. The molecule has 0 saturated heterocycles. The zero-order valence-electron chi connectivity index (χ0n) is 16.7. The molecule has 2 N–H and O–H groups in total. The number of hydrogen-bond acceptors (Lipinski definition) is 4. The van der Waals surface area contributed by atoms with E-state index in [2.05, 4.69) is 36.6 Å². The number of carbonyl (C=O) groups excluding carboxylic acids is 1. The van der Waals surface area contributed by atoms with E-state index in [-0.39, 0.29) is 5.91 Å². The van der Waals surface area contributed by atoms with Crippen LogP contribution in [0.4, 0.5) is 5.69 Å². The molecule has 0 aromatic heterocycles. The number of methoxy groups -OCH3 is 2. The van der Waals surface area contributed by atoms with Crippen molar-refractivity contribution in [3.05, 3.63) is 53.6 Å². The third-order valence-corrected chi connectivity index (χ3v) is 4.43. The van der Waals surface area contributed by atoms with Crippen molar-refractivity contribution in [1.82, 2.24) is 5.32 Å². The highest BCUT2D eigenvalue weighted by atomic mass is 16.5. The normalized spacial score (nSPS) is 10.6. The second kappa shape index (κ2) is 10.5. The lowest BCUT2D eigenvalue weighted by atomic mass is 10.0. The number of hydrogen-bond donors (Lipinski definition) is 2. The van der Waals surface area contributed by atoms with Crippen LogP contribution in [0, 0.1) is 0 Å². The number of rotatable bonds is 10. The van der Waals surface area contributed by atoms with Gasteiger partial charge < -0.3 is 20.1 Å². The molecule has 0 heterocycles. The molecule has 0 aliphatic rings. The molecular formula is C22H30N2O3. The maximum atomic E-state index is 12.1. The lowest BCUT2D eigenvalue weighted by molar-refractivity contribution is -0.120. The van der Waals surface area contributed by atoms with Crippen molar-refractivity contribution in [3.63, 3.8) is 0 Å². The van der Waals surface area contributed by atoms with Gasteiger partial charge in [0.1, 0.15) is 0 Å². The number of anilines is 1. The summed E-state index contributed by atoms with van der Waals surface area (Å²) in [5.74, 6) is 1.90. The highest BCUT2D eigenvalue weighted by Crippen LogP contribution is 2.27. The van der Waals surface area contributed by atoms with Crippen LogP contribution >= 0.6 is 0 Å². The smallest absolute Gasteiger partial charge is 0.221 e. The lowest BCUT2D eigenvalue weighted by Gasteiger charge is -2.14. The molecule has 27 heavy (non-hydrogen) atoms. The van der Waals surface area contributed by atoms with Gasteiger partial charge in [0.25, 0.3) is 0 Å². The Morgan fingerprint density at radius 1 is 1.00 bits per heavy atom. The third-order valence-electron chi connectivity index (χ3n) is 4.43. The fourth-order valence-electron chi connectivity index (χ4n) is 2.94. The summed E-state index contributed by atoms with van der Waals surface area (Å²) in [5.41, 5.74) is 3.47. The molecule has 0 spiro atoms. The van der Waals surface area contributed by atoms with Gasteiger partial charge in [-0.1, -0.05) is 38.1 Å². The van der Waals surface area contributed by atoms with Gasteiger partial charge in [0.2, 0.25) is 5.91 Å². The Morgan fingerprint density at radius 2 is 1.74 bits per heavy atom. The molecule has 1 amide bonds. The van der Waals surface area contributed by atoms with E-state index < -0.39 is 0 Å². The van der Waals surface area contributed by atoms with Gasteiger partial charge in [-0.15, -0.1) is 0 Å². The number of nitrogens with one attached hydrogen (secondary N) is 2. The average molecular weight is 370 g/mol. The molecular weight excluding hydrogens is 340 g/mol. The van der Waals surface area contributed by atoms with Crippen LogP contribution in [0.25, 0.3) is 0 Å². The minimum Gasteiger partial charge on any atom is -0.493 e. The third kappa shape index (κ3) is 6.20. The van der Waals surface area contributed by atoms with Crippen molar-refractivity contribution >= 4 is 11.6 Å². The van der Waals surface area contributed by atoms with Crippen molar-refractivity contribution in [2.75, 3.05) is 32.6 Å². The Bertz CT molecular complexity index is 744. The van der Waals surface area contributed by atoms with Crippen LogP contribution in [0.5, 0.6) is 11.5 Å². The van der Waals surface area contributed by atoms with Crippen molar-refractivity contribution in [2.45, 2.75) is 32.6 Å². The summed E-state index contributed by atoms with van der Waals surface area (Å²) in [6, 6.07) is 14.0. The molecule has 2 aromatic rings. The van der Waals surface area contributed by atoms with Crippen molar-refractivity contribution in [1.29, 1.82) is 0 Å². The fourth-order valence-corrected chi connectivity index (χ4v) is 2.94. The van der Waals surface area contributed by atoms with Crippen LogP contribution in [0.2, 0.25) is 0 Å². The first-order valence-corrected chi connectivity index (χ1v) is 9.35. The monoisotopic (exact) mass is 370 g/mol. The van der Waals surface area contributed by atoms with E-state index in [1.165, 1.54) is 5.56 Å². The summed E-state index contributed by atoms with van der Waals surface area (Å²) in [6.07, 6.45) is 1.19. The zero-order chi connectivity index (χ0) is 19.6. The van der Waals surface area contributed by atoms with Crippen LogP contribution < -0.4 is 20.1 Å². The Kier molecular flexibility index (Phi) is 7.99. The second-order valence-corrected chi connectivity index (χ2v) is 6.71. The first kappa shape index (κ1) is 20.6. The Hall–Kier alpha value is -2.69. The number of amides is 1. The molecule has 2 rings (SSSR count). The maximum absolute atomic E-state index is 12.1. The molecule has 0 unspecified atom stereocenters. The van der Waals surface area contributed by atoms with E-state index >= 15 is 0 Å². The molecule has 0 aliphatic heterocycles. The van der Waals surface area contributed by atoms with Gasteiger partial charge in [-0.2, -0.15) is 0 Å². The number of benzene rings is 2. The van der Waals surface area contributed by atoms with Crippen LogP contribution in [0.3, 0.4) is 0 Å². The predicted molar refractivity (Wildman–Crippen MR) is 110 cm³/mol. The van der Waals surface area contributed by atoms with Crippen molar-refractivity contribution < 1.29 is 14.3 Å². The molecule has 5 heteroatoms. The van der Waals surface area contributed by atoms with Gasteiger partial charge in [0.15, 0.2) is 11.5 Å². The molecule has 0 atom stereocenters. The number of ether oxygens (including phenoxy) is 2. The molecule has 0 fully saturated rings. The van der Waals surface area contributed by atoms with Crippen LogP contribution in [0.1, 0.15) is 37.3 Å². The first-order chi connectivity index (χ1) is 13.0. The summed E-state index contributed by atoms with van der Waals surface area (Å²) in [4.78, 5) is 12.1. The van der Waals surface area contributed by atoms with E-state index in [0.717, 1.165) is 17.7 Å². The number of carbonyl (C=O) groups is 1. The molecule has 5 nitrogen and oxygen atoms in total. The maximum Gasteiger partial charge on any atom is 0.221 e. The standard InChI is InChI=1S/C22H30N2O3/c1-16(2)18-7-5-6-8-19(18)23-14-12-22(25)24-13-11-17-9-10-20(26-3)21(15-17)27-4/h5-10,15-16,23H,11-14H2,1-4H3,(H,24,25). The molecule has 2 aromatic carbocycles. The topological polar surface area (TPSA) is 59.6 Å². The molecule has 146 valence electrons. The summed E-state index contributed by atoms with van der Waals surface area (Å²) in [6.45, 7) is 5.55. The van der Waals surface area contributed by atoms with E-state index in [9.17, 15) is 4.79 Å². The highest BCUT2D eigenvalue weighted by molar-refractivity contribution is 5.76. The lowest BCUT2D eigenvalue weighted by Crippen LogP contribution is -2.27. The van der Waals surface area contributed by atoms with Crippen LogP contribution in [-0.4, -0.2) is 33.2 Å². The summed E-state index contributed by atoms with van der Waals surface area (Å²) < 4.78 is 10.5. The SMILES string of the molecule is COc1ccc(CCNC(=O)CCNc2ccccc2C(C)C)cc1OC. The van der Waals surface area contributed by atoms with Crippen LogP contribution in [-0.2, 0) is 11.2 Å². The van der Waals surface area contributed by atoms with E-state index in [4.69, 9.17) is 9.47 Å². The molecule has 0 saturated carbocycles. The highest BCUT2D eigenvalue weighted by Gasteiger charge is 2.07. The Labute approximate surface area is 162 Å². The number of para-hydroxylation sites is 1. The van der Waals surface area contributed by atoms with E-state index in [1.807, 2.05) is 30.3 Å². The average Bonchev–Trinajstić information content (AvgIpc) is 2.68. The summed E-state index contributed by atoms with van der Waals surface area (Å²) >= 11 is 0. The largest absolute Gasteiger partial charge is 0.493 e. The van der Waals surface area contributed by atoms with Crippen LogP contribution in [0.15, 0.2) is 42.5 Å². The zero-order valence-corrected chi connectivity index (χ0v) is 16.7. The Morgan fingerprint density at radius 3 is 2.44 bits per heavy atom.